The van der Waals surface area contributed by atoms with Crippen LogP contribution in [-0.2, 0) is 23.9 Å². The number of carboxylic acids is 1. The average Bonchev–Trinajstić information content (AvgIpc) is 3.19. The van der Waals surface area contributed by atoms with E-state index in [-0.39, 0.29) is 37.5 Å². The van der Waals surface area contributed by atoms with Crippen LogP contribution in [0.25, 0.3) is 11.1 Å². The Morgan fingerprint density at radius 3 is 2.11 bits per heavy atom. The van der Waals surface area contributed by atoms with Gasteiger partial charge >= 0.3 is 18.0 Å². The van der Waals surface area contributed by atoms with Crippen molar-refractivity contribution in [2.75, 3.05) is 26.8 Å². The highest BCUT2D eigenvalue weighted by Crippen LogP contribution is 2.44. The predicted octanol–water partition coefficient (Wildman–Crippen LogP) is 2.78. The summed E-state index contributed by atoms with van der Waals surface area (Å²) in [6.07, 6.45) is -0.581. The first-order valence-corrected chi connectivity index (χ1v) is 11.6. The Labute approximate surface area is 203 Å². The predicted molar refractivity (Wildman–Crippen MR) is 126 cm³/mol. The van der Waals surface area contributed by atoms with Gasteiger partial charge in [0.15, 0.2) is 0 Å². The summed E-state index contributed by atoms with van der Waals surface area (Å²) in [4.78, 5) is 50.2. The van der Waals surface area contributed by atoms with Crippen LogP contribution >= 0.6 is 0 Å². The second kappa shape index (κ2) is 10.6. The number of alkyl carbamates (subject to hydrolysis) is 1. The molecule has 0 saturated carbocycles. The number of fused-ring (bicyclic) bond motifs is 3. The molecule has 9 nitrogen and oxygen atoms in total. The molecule has 184 valence electrons. The van der Waals surface area contributed by atoms with E-state index in [2.05, 4.69) is 5.32 Å². The maximum absolute atomic E-state index is 13.0. The maximum Gasteiger partial charge on any atom is 0.407 e. The Balaban J connectivity index is 1.38. The minimum atomic E-state index is -1.27. The van der Waals surface area contributed by atoms with Crippen molar-refractivity contribution in [1.29, 1.82) is 0 Å². The molecule has 4 rings (SSSR count). The van der Waals surface area contributed by atoms with E-state index in [0.717, 1.165) is 22.3 Å². The number of hydrogen-bond acceptors (Lipinski definition) is 6. The lowest BCUT2D eigenvalue weighted by Crippen LogP contribution is -2.52. The van der Waals surface area contributed by atoms with Crippen molar-refractivity contribution in [3.63, 3.8) is 0 Å². The van der Waals surface area contributed by atoms with Gasteiger partial charge in [0.05, 0.1) is 19.4 Å². The Morgan fingerprint density at radius 1 is 1.00 bits per heavy atom. The first-order valence-electron chi connectivity index (χ1n) is 11.6. The van der Waals surface area contributed by atoms with E-state index in [0.29, 0.717) is 12.8 Å². The highest BCUT2D eigenvalue weighted by molar-refractivity contribution is 5.89. The van der Waals surface area contributed by atoms with Crippen LogP contribution < -0.4 is 5.32 Å². The molecule has 2 aromatic rings. The normalized spacial score (nSPS) is 16.1. The summed E-state index contributed by atoms with van der Waals surface area (Å²) in [5.41, 5.74) is 4.28. The molecule has 1 atom stereocenters. The number of ether oxygens (including phenoxy) is 2. The van der Waals surface area contributed by atoms with Gasteiger partial charge in [0, 0.05) is 19.0 Å². The Hall–Kier alpha value is -3.88. The van der Waals surface area contributed by atoms with Crippen molar-refractivity contribution in [3.05, 3.63) is 59.7 Å². The summed E-state index contributed by atoms with van der Waals surface area (Å²) in [6.45, 7) is 0.612. The summed E-state index contributed by atoms with van der Waals surface area (Å²) < 4.78 is 10.2. The molecule has 35 heavy (non-hydrogen) atoms. The second-order valence-corrected chi connectivity index (χ2v) is 8.74. The molecular formula is C26H28N2O7. The monoisotopic (exact) mass is 480 g/mol. The molecule has 2 N–H and O–H groups in total. The van der Waals surface area contributed by atoms with Crippen LogP contribution in [0.15, 0.2) is 48.5 Å². The number of piperidine rings is 1. The molecule has 2 aliphatic rings. The first kappa shape index (κ1) is 24.3. The van der Waals surface area contributed by atoms with Crippen LogP contribution in [0.2, 0.25) is 0 Å². The Morgan fingerprint density at radius 2 is 1.57 bits per heavy atom. The zero-order valence-corrected chi connectivity index (χ0v) is 19.4. The summed E-state index contributed by atoms with van der Waals surface area (Å²) in [5.74, 6) is -2.50. The SMILES string of the molecule is COC(=O)C1CCN(C(=O)C(CC(=O)O)NC(=O)OCC2c3ccccc3-c3ccccc32)CC1. The average molecular weight is 481 g/mol. The number of nitrogens with one attached hydrogen (secondary N) is 1. The number of esters is 1. The van der Waals surface area contributed by atoms with Crippen LogP contribution in [0.1, 0.15) is 36.3 Å². The minimum Gasteiger partial charge on any atom is -0.481 e. The Kier molecular flexibility index (Phi) is 7.33. The van der Waals surface area contributed by atoms with Crippen molar-refractivity contribution in [2.24, 2.45) is 5.92 Å². The molecule has 0 bridgehead atoms. The van der Waals surface area contributed by atoms with Crippen LogP contribution in [0.3, 0.4) is 0 Å². The lowest BCUT2D eigenvalue weighted by molar-refractivity contribution is -0.149. The lowest BCUT2D eigenvalue weighted by atomic mass is 9.96. The number of carboxylic acid groups (broad SMARTS) is 1. The van der Waals surface area contributed by atoms with E-state index in [1.165, 1.54) is 12.0 Å². The van der Waals surface area contributed by atoms with Gasteiger partial charge in [-0.15, -0.1) is 0 Å². The standard InChI is InChI=1S/C26H28N2O7/c1-34-25(32)16-10-12-28(13-11-16)24(31)22(14-23(29)30)27-26(33)35-15-21-19-8-4-2-6-17(19)18-7-3-5-9-20(18)21/h2-9,16,21-22H,10-15H2,1H3,(H,27,33)(H,29,30). The largest absolute Gasteiger partial charge is 0.481 e. The van der Waals surface area contributed by atoms with Crippen LogP contribution in [0.4, 0.5) is 4.79 Å². The molecular weight excluding hydrogens is 452 g/mol. The summed E-state index contributed by atoms with van der Waals surface area (Å²) >= 11 is 0. The van der Waals surface area contributed by atoms with Gasteiger partial charge in [-0.3, -0.25) is 14.4 Å². The zero-order chi connectivity index (χ0) is 24.9. The van der Waals surface area contributed by atoms with Crippen molar-refractivity contribution in [1.82, 2.24) is 10.2 Å². The summed E-state index contributed by atoms with van der Waals surface area (Å²) in [6, 6.07) is 14.6. The van der Waals surface area contributed by atoms with Gasteiger partial charge < -0.3 is 24.8 Å². The van der Waals surface area contributed by atoms with E-state index in [9.17, 15) is 24.3 Å². The fourth-order valence-electron chi connectivity index (χ4n) is 4.88. The summed E-state index contributed by atoms with van der Waals surface area (Å²) in [7, 11) is 1.32. The van der Waals surface area contributed by atoms with Gasteiger partial charge in [0.1, 0.15) is 12.6 Å². The third kappa shape index (κ3) is 5.29. The van der Waals surface area contributed by atoms with E-state index in [4.69, 9.17) is 9.47 Å². The molecule has 0 aromatic heterocycles. The minimum absolute atomic E-state index is 0.0539. The summed E-state index contributed by atoms with van der Waals surface area (Å²) in [5, 5.41) is 11.7. The number of nitrogens with zero attached hydrogens (tertiary/aromatic N) is 1. The smallest absolute Gasteiger partial charge is 0.407 e. The number of aliphatic carboxylic acids is 1. The molecule has 2 aromatic carbocycles. The molecule has 1 saturated heterocycles. The van der Waals surface area contributed by atoms with Gasteiger partial charge in [0.25, 0.3) is 0 Å². The second-order valence-electron chi connectivity index (χ2n) is 8.74. The highest BCUT2D eigenvalue weighted by Gasteiger charge is 2.34. The van der Waals surface area contributed by atoms with Crippen molar-refractivity contribution < 1.29 is 33.8 Å². The number of carbonyl (C=O) groups is 4. The number of rotatable bonds is 7. The lowest BCUT2D eigenvalue weighted by Gasteiger charge is -2.33. The fourth-order valence-corrected chi connectivity index (χ4v) is 4.88. The number of amides is 2. The number of carbonyl (C=O) groups excluding carboxylic acids is 3. The van der Waals surface area contributed by atoms with E-state index in [1.54, 1.807) is 0 Å². The van der Waals surface area contributed by atoms with E-state index >= 15 is 0 Å². The van der Waals surface area contributed by atoms with Crippen molar-refractivity contribution in [2.45, 2.75) is 31.2 Å². The molecule has 0 radical (unpaired) electrons. The number of benzene rings is 2. The van der Waals surface area contributed by atoms with Gasteiger partial charge in [-0.2, -0.15) is 0 Å². The van der Waals surface area contributed by atoms with Gasteiger partial charge in [-0.25, -0.2) is 4.79 Å². The van der Waals surface area contributed by atoms with Crippen molar-refractivity contribution in [3.8, 4) is 11.1 Å². The molecule has 1 aliphatic carbocycles. The third-order valence-corrected chi connectivity index (χ3v) is 6.65. The molecule has 1 fully saturated rings. The fraction of sp³-hybridized carbons (Fsp3) is 0.385. The first-order chi connectivity index (χ1) is 16.9. The highest BCUT2D eigenvalue weighted by atomic mass is 16.5. The molecule has 0 spiro atoms. The van der Waals surface area contributed by atoms with Gasteiger partial charge in [-0.05, 0) is 35.1 Å². The molecule has 1 heterocycles. The maximum atomic E-state index is 13.0. The number of likely N-dealkylation sites (tertiary alicyclic amines) is 1. The topological polar surface area (TPSA) is 122 Å². The molecule has 2 amide bonds. The molecule has 1 unspecified atom stereocenters. The Bertz CT molecular complexity index is 1080. The van der Waals surface area contributed by atoms with Gasteiger partial charge in [0.2, 0.25) is 5.91 Å². The van der Waals surface area contributed by atoms with Crippen molar-refractivity contribution >= 4 is 23.9 Å². The number of hydrogen-bond donors (Lipinski definition) is 2. The molecule has 9 heteroatoms. The third-order valence-electron chi connectivity index (χ3n) is 6.65. The van der Waals surface area contributed by atoms with Crippen LogP contribution in [0, 0.1) is 5.92 Å². The van der Waals surface area contributed by atoms with E-state index in [1.807, 2.05) is 48.5 Å². The van der Waals surface area contributed by atoms with Gasteiger partial charge in [-0.1, -0.05) is 48.5 Å². The number of methoxy groups -OCH3 is 1. The quantitative estimate of drug-likeness (QED) is 0.584. The zero-order valence-electron chi connectivity index (χ0n) is 19.4. The van der Waals surface area contributed by atoms with Crippen LogP contribution in [0.5, 0.6) is 0 Å². The molecule has 1 aliphatic heterocycles. The van der Waals surface area contributed by atoms with E-state index < -0.39 is 30.4 Å². The van der Waals surface area contributed by atoms with Crippen LogP contribution in [-0.4, -0.2) is 66.8 Å².